The SMILES string of the molecule is COc1ccc2nc3cccc(N)c3cc2c1. The van der Waals surface area contributed by atoms with Gasteiger partial charge in [0.15, 0.2) is 0 Å². The molecular weight excluding hydrogens is 212 g/mol. The lowest BCUT2D eigenvalue weighted by molar-refractivity contribution is 0.415. The smallest absolute Gasteiger partial charge is 0.119 e. The zero-order valence-electron chi connectivity index (χ0n) is 9.47. The van der Waals surface area contributed by atoms with Gasteiger partial charge in [0.25, 0.3) is 0 Å². The minimum atomic E-state index is 0.750. The number of pyridine rings is 1. The third-order valence-corrected chi connectivity index (χ3v) is 2.89. The van der Waals surface area contributed by atoms with Crippen molar-refractivity contribution in [2.75, 3.05) is 12.8 Å². The molecule has 1 aromatic heterocycles. The van der Waals surface area contributed by atoms with Crippen molar-refractivity contribution >= 4 is 27.5 Å². The first kappa shape index (κ1) is 9.90. The molecule has 2 N–H and O–H groups in total. The Morgan fingerprint density at radius 3 is 2.76 bits per heavy atom. The van der Waals surface area contributed by atoms with Crippen LogP contribution in [0.15, 0.2) is 42.5 Å². The van der Waals surface area contributed by atoms with E-state index >= 15 is 0 Å². The Balaban J connectivity index is 2.40. The van der Waals surface area contributed by atoms with E-state index in [0.29, 0.717) is 0 Å². The van der Waals surface area contributed by atoms with Gasteiger partial charge in [-0.3, -0.25) is 0 Å². The molecule has 0 aliphatic heterocycles. The fourth-order valence-corrected chi connectivity index (χ4v) is 1.99. The van der Waals surface area contributed by atoms with Crippen molar-refractivity contribution in [3.05, 3.63) is 42.5 Å². The van der Waals surface area contributed by atoms with Crippen molar-refractivity contribution in [2.24, 2.45) is 0 Å². The first-order valence-corrected chi connectivity index (χ1v) is 5.41. The molecule has 84 valence electrons. The molecule has 0 radical (unpaired) electrons. The van der Waals surface area contributed by atoms with Gasteiger partial charge in [-0.05, 0) is 36.4 Å². The standard InChI is InChI=1S/C14H12N2O/c1-17-10-5-6-13-9(7-10)8-11-12(15)3-2-4-14(11)16-13/h2-8H,15H2,1H3. The molecule has 0 bridgehead atoms. The van der Waals surface area contributed by atoms with Crippen molar-refractivity contribution in [3.8, 4) is 5.75 Å². The molecule has 0 aliphatic rings. The second kappa shape index (κ2) is 3.63. The number of rotatable bonds is 1. The average Bonchev–Trinajstić information content (AvgIpc) is 2.37. The second-order valence-electron chi connectivity index (χ2n) is 3.96. The molecule has 3 nitrogen and oxygen atoms in total. The first-order chi connectivity index (χ1) is 8.28. The number of nitrogens with two attached hydrogens (primary N) is 1. The van der Waals surface area contributed by atoms with E-state index < -0.39 is 0 Å². The van der Waals surface area contributed by atoms with Crippen LogP contribution in [0.3, 0.4) is 0 Å². The van der Waals surface area contributed by atoms with E-state index in [1.807, 2.05) is 36.4 Å². The summed E-state index contributed by atoms with van der Waals surface area (Å²) in [4.78, 5) is 4.58. The predicted octanol–water partition coefficient (Wildman–Crippen LogP) is 2.98. The molecule has 0 atom stereocenters. The molecule has 0 saturated carbocycles. The maximum Gasteiger partial charge on any atom is 0.119 e. The van der Waals surface area contributed by atoms with Gasteiger partial charge in [0.05, 0.1) is 18.1 Å². The number of hydrogen-bond acceptors (Lipinski definition) is 3. The van der Waals surface area contributed by atoms with Crippen LogP contribution < -0.4 is 10.5 Å². The highest BCUT2D eigenvalue weighted by Crippen LogP contribution is 2.26. The lowest BCUT2D eigenvalue weighted by Gasteiger charge is -2.05. The van der Waals surface area contributed by atoms with Gasteiger partial charge in [0.1, 0.15) is 5.75 Å². The summed E-state index contributed by atoms with van der Waals surface area (Å²) >= 11 is 0. The number of anilines is 1. The van der Waals surface area contributed by atoms with Crippen LogP contribution in [0.25, 0.3) is 21.8 Å². The van der Waals surface area contributed by atoms with Crippen LogP contribution in [0.4, 0.5) is 5.69 Å². The summed E-state index contributed by atoms with van der Waals surface area (Å²) in [6.07, 6.45) is 0. The normalized spacial score (nSPS) is 10.9. The van der Waals surface area contributed by atoms with Gasteiger partial charge >= 0.3 is 0 Å². The third-order valence-electron chi connectivity index (χ3n) is 2.89. The lowest BCUT2D eigenvalue weighted by Crippen LogP contribution is -1.90. The van der Waals surface area contributed by atoms with Gasteiger partial charge in [-0.2, -0.15) is 0 Å². The molecule has 0 aliphatic carbocycles. The predicted molar refractivity (Wildman–Crippen MR) is 70.2 cm³/mol. The summed E-state index contributed by atoms with van der Waals surface area (Å²) in [5.41, 5.74) is 8.56. The maximum absolute atomic E-state index is 5.95. The van der Waals surface area contributed by atoms with Crippen LogP contribution in [0.5, 0.6) is 5.75 Å². The van der Waals surface area contributed by atoms with E-state index in [9.17, 15) is 0 Å². The highest BCUT2D eigenvalue weighted by molar-refractivity contribution is 5.98. The van der Waals surface area contributed by atoms with Crippen molar-refractivity contribution in [1.82, 2.24) is 4.98 Å². The van der Waals surface area contributed by atoms with Crippen molar-refractivity contribution in [2.45, 2.75) is 0 Å². The summed E-state index contributed by atoms with van der Waals surface area (Å²) in [7, 11) is 1.66. The van der Waals surface area contributed by atoms with Gasteiger partial charge in [-0.25, -0.2) is 4.98 Å². The number of benzene rings is 2. The molecule has 3 aromatic rings. The number of hydrogen-bond donors (Lipinski definition) is 1. The molecule has 3 heteroatoms. The summed E-state index contributed by atoms with van der Waals surface area (Å²) in [5.74, 6) is 0.827. The average molecular weight is 224 g/mol. The number of nitrogen functional groups attached to an aromatic ring is 1. The van der Waals surface area contributed by atoms with Crippen molar-refractivity contribution < 1.29 is 4.74 Å². The maximum atomic E-state index is 5.95. The highest BCUT2D eigenvalue weighted by Gasteiger charge is 2.03. The Kier molecular flexibility index (Phi) is 2.11. The molecule has 1 heterocycles. The van der Waals surface area contributed by atoms with E-state index in [2.05, 4.69) is 11.1 Å². The monoisotopic (exact) mass is 224 g/mol. The van der Waals surface area contributed by atoms with E-state index in [4.69, 9.17) is 10.5 Å². The zero-order valence-corrected chi connectivity index (χ0v) is 9.47. The molecule has 0 spiro atoms. The summed E-state index contributed by atoms with van der Waals surface area (Å²) in [6.45, 7) is 0. The molecule has 0 fully saturated rings. The van der Waals surface area contributed by atoms with Crippen LogP contribution >= 0.6 is 0 Å². The molecule has 17 heavy (non-hydrogen) atoms. The van der Waals surface area contributed by atoms with E-state index in [0.717, 1.165) is 33.2 Å². The van der Waals surface area contributed by atoms with Crippen LogP contribution in [-0.4, -0.2) is 12.1 Å². The number of methoxy groups -OCH3 is 1. The minimum absolute atomic E-state index is 0.750. The van der Waals surface area contributed by atoms with Crippen molar-refractivity contribution in [1.29, 1.82) is 0 Å². The van der Waals surface area contributed by atoms with Crippen molar-refractivity contribution in [3.63, 3.8) is 0 Å². The highest BCUT2D eigenvalue weighted by atomic mass is 16.5. The lowest BCUT2D eigenvalue weighted by atomic mass is 10.1. The molecule has 2 aromatic carbocycles. The summed E-state index contributed by atoms with van der Waals surface area (Å²) in [5, 5.41) is 2.02. The summed E-state index contributed by atoms with van der Waals surface area (Å²) in [6, 6.07) is 13.7. The molecule has 0 saturated heterocycles. The largest absolute Gasteiger partial charge is 0.497 e. The Bertz CT molecular complexity index is 707. The Labute approximate surface area is 98.8 Å². The molecule has 0 amide bonds. The van der Waals surface area contributed by atoms with Crippen LogP contribution in [0.2, 0.25) is 0 Å². The fraction of sp³-hybridized carbons (Fsp3) is 0.0714. The fourth-order valence-electron chi connectivity index (χ4n) is 1.99. The third kappa shape index (κ3) is 1.56. The topological polar surface area (TPSA) is 48.1 Å². The first-order valence-electron chi connectivity index (χ1n) is 5.41. The van der Waals surface area contributed by atoms with E-state index in [-0.39, 0.29) is 0 Å². The van der Waals surface area contributed by atoms with E-state index in [1.54, 1.807) is 7.11 Å². The van der Waals surface area contributed by atoms with Crippen LogP contribution in [0, 0.1) is 0 Å². The van der Waals surface area contributed by atoms with Gasteiger partial charge in [-0.1, -0.05) is 6.07 Å². The summed E-state index contributed by atoms with van der Waals surface area (Å²) < 4.78 is 5.21. The van der Waals surface area contributed by atoms with Gasteiger partial charge < -0.3 is 10.5 Å². The Morgan fingerprint density at radius 1 is 1.06 bits per heavy atom. The minimum Gasteiger partial charge on any atom is -0.497 e. The Hall–Kier alpha value is -2.29. The number of fused-ring (bicyclic) bond motifs is 2. The van der Waals surface area contributed by atoms with Crippen LogP contribution in [0.1, 0.15) is 0 Å². The van der Waals surface area contributed by atoms with E-state index in [1.165, 1.54) is 0 Å². The number of ether oxygens (including phenoxy) is 1. The van der Waals surface area contributed by atoms with Gasteiger partial charge in [0.2, 0.25) is 0 Å². The van der Waals surface area contributed by atoms with Crippen LogP contribution in [-0.2, 0) is 0 Å². The number of aromatic nitrogens is 1. The quantitative estimate of drug-likeness (QED) is 0.510. The van der Waals surface area contributed by atoms with Gasteiger partial charge in [0, 0.05) is 16.5 Å². The van der Waals surface area contributed by atoms with Gasteiger partial charge in [-0.15, -0.1) is 0 Å². The number of nitrogens with zero attached hydrogens (tertiary/aromatic N) is 1. The molecular formula is C14H12N2O. The molecule has 3 rings (SSSR count). The second-order valence-corrected chi connectivity index (χ2v) is 3.96. The molecule has 0 unspecified atom stereocenters. The Morgan fingerprint density at radius 2 is 1.94 bits per heavy atom. The zero-order chi connectivity index (χ0) is 11.8.